The van der Waals surface area contributed by atoms with Crippen molar-refractivity contribution in [1.82, 2.24) is 0 Å². The highest BCUT2D eigenvalue weighted by Gasteiger charge is 2.55. The highest BCUT2D eigenvalue weighted by Crippen LogP contribution is 2.33. The van der Waals surface area contributed by atoms with Crippen LogP contribution in [0.1, 0.15) is 34.6 Å². The van der Waals surface area contributed by atoms with Gasteiger partial charge in [-0.1, -0.05) is 0 Å². The standard InChI is InChI=1S/C22H32O16/c1-8(24)31-7-14-17(32-9(2)25)18(33-10(3)26)15(29)22(37-14)38-16-13(6-23)36-21(30)20(35-12(5)28)19(16)34-11(4)27/h13-23,29-30H,6-7H2,1-5H3/t13-,14-,15-,16+,17+,18-,19+,20-,21-,22-/m1/s1. The summed E-state index contributed by atoms with van der Waals surface area (Å²) in [5.74, 6) is -4.17. The molecule has 0 spiro atoms. The van der Waals surface area contributed by atoms with Crippen LogP contribution in [0.4, 0.5) is 0 Å². The largest absolute Gasteiger partial charge is 0.463 e. The van der Waals surface area contributed by atoms with Crippen LogP contribution in [-0.4, -0.2) is 120 Å². The van der Waals surface area contributed by atoms with Crippen LogP contribution in [0.3, 0.4) is 0 Å². The second kappa shape index (κ2) is 13.8. The molecule has 216 valence electrons. The monoisotopic (exact) mass is 552 g/mol. The summed E-state index contributed by atoms with van der Waals surface area (Å²) in [4.78, 5) is 58.4. The minimum Gasteiger partial charge on any atom is -0.463 e. The fourth-order valence-electron chi connectivity index (χ4n) is 4.00. The lowest BCUT2D eigenvalue weighted by Crippen LogP contribution is -2.66. The Morgan fingerprint density at radius 3 is 1.63 bits per heavy atom. The van der Waals surface area contributed by atoms with Crippen molar-refractivity contribution < 1.29 is 77.2 Å². The summed E-state index contributed by atoms with van der Waals surface area (Å²) in [5, 5.41) is 31.2. The van der Waals surface area contributed by atoms with Crippen LogP contribution in [0.15, 0.2) is 0 Å². The first-order valence-corrected chi connectivity index (χ1v) is 11.5. The summed E-state index contributed by atoms with van der Waals surface area (Å²) >= 11 is 0. The summed E-state index contributed by atoms with van der Waals surface area (Å²) in [7, 11) is 0. The van der Waals surface area contributed by atoms with E-state index in [0.29, 0.717) is 0 Å². The summed E-state index contributed by atoms with van der Waals surface area (Å²) < 4.78 is 42.3. The Kier molecular flexibility index (Phi) is 11.4. The first-order valence-electron chi connectivity index (χ1n) is 11.5. The third kappa shape index (κ3) is 8.31. The molecule has 3 N–H and O–H groups in total. The van der Waals surface area contributed by atoms with Gasteiger partial charge in [-0.3, -0.25) is 24.0 Å². The highest BCUT2D eigenvalue weighted by molar-refractivity contribution is 5.68. The van der Waals surface area contributed by atoms with Crippen molar-refractivity contribution in [3.8, 4) is 0 Å². The molecule has 2 aliphatic rings. The molecule has 0 amide bonds. The quantitative estimate of drug-likeness (QED) is 0.198. The lowest BCUT2D eigenvalue weighted by Gasteiger charge is -2.47. The molecule has 0 aromatic heterocycles. The Hall–Kier alpha value is -2.89. The summed E-state index contributed by atoms with van der Waals surface area (Å²) in [5.41, 5.74) is 0. The normalized spacial score (nSPS) is 34.9. The van der Waals surface area contributed by atoms with Crippen LogP contribution < -0.4 is 0 Å². The Morgan fingerprint density at radius 2 is 1.13 bits per heavy atom. The maximum Gasteiger partial charge on any atom is 0.303 e. The molecule has 2 fully saturated rings. The van der Waals surface area contributed by atoms with E-state index in [1.807, 2.05) is 0 Å². The van der Waals surface area contributed by atoms with Crippen molar-refractivity contribution in [3.05, 3.63) is 0 Å². The molecule has 0 saturated carbocycles. The number of carbonyl (C=O) groups is 5. The number of aliphatic hydroxyl groups is 3. The van der Waals surface area contributed by atoms with Crippen LogP contribution in [0.2, 0.25) is 0 Å². The number of hydrogen-bond donors (Lipinski definition) is 3. The molecule has 10 atom stereocenters. The molecular weight excluding hydrogens is 520 g/mol. The van der Waals surface area contributed by atoms with Gasteiger partial charge >= 0.3 is 29.8 Å². The zero-order valence-electron chi connectivity index (χ0n) is 21.3. The fraction of sp³-hybridized carbons (Fsp3) is 0.773. The number of esters is 5. The Morgan fingerprint density at radius 1 is 0.632 bits per heavy atom. The average Bonchev–Trinajstić information content (AvgIpc) is 2.79. The molecule has 0 unspecified atom stereocenters. The van der Waals surface area contributed by atoms with Crippen LogP contribution in [0.25, 0.3) is 0 Å². The first-order chi connectivity index (χ1) is 17.7. The second-order valence-corrected chi connectivity index (χ2v) is 8.48. The molecule has 16 nitrogen and oxygen atoms in total. The lowest BCUT2D eigenvalue weighted by molar-refractivity contribution is -0.356. The van der Waals surface area contributed by atoms with Crippen molar-refractivity contribution >= 4 is 29.8 Å². The van der Waals surface area contributed by atoms with Gasteiger partial charge in [0.1, 0.15) is 31.0 Å². The van der Waals surface area contributed by atoms with Gasteiger partial charge in [-0.2, -0.15) is 0 Å². The molecule has 2 rings (SSSR count). The molecule has 38 heavy (non-hydrogen) atoms. The topological polar surface area (TPSA) is 220 Å². The molecule has 0 aromatic rings. The van der Waals surface area contributed by atoms with E-state index in [9.17, 15) is 39.3 Å². The van der Waals surface area contributed by atoms with Gasteiger partial charge in [0.05, 0.1) is 6.61 Å². The first kappa shape index (κ1) is 31.3. The van der Waals surface area contributed by atoms with Crippen molar-refractivity contribution in [3.63, 3.8) is 0 Å². The molecule has 0 aromatic carbocycles. The van der Waals surface area contributed by atoms with E-state index in [2.05, 4.69) is 0 Å². The van der Waals surface area contributed by atoms with Crippen molar-refractivity contribution in [1.29, 1.82) is 0 Å². The predicted octanol–water partition coefficient (Wildman–Crippen LogP) is -2.54. The van der Waals surface area contributed by atoms with Gasteiger partial charge in [0.25, 0.3) is 0 Å². The van der Waals surface area contributed by atoms with Crippen LogP contribution in [0.5, 0.6) is 0 Å². The number of carbonyl (C=O) groups excluding carboxylic acids is 5. The summed E-state index contributed by atoms with van der Waals surface area (Å²) in [6.07, 6.45) is -15.9. The van der Waals surface area contributed by atoms with Crippen molar-refractivity contribution in [2.75, 3.05) is 13.2 Å². The van der Waals surface area contributed by atoms with Gasteiger partial charge in [0.2, 0.25) is 0 Å². The smallest absolute Gasteiger partial charge is 0.303 e. The number of rotatable bonds is 9. The van der Waals surface area contributed by atoms with E-state index in [1.54, 1.807) is 0 Å². The molecule has 16 heteroatoms. The third-order valence-electron chi connectivity index (χ3n) is 5.35. The van der Waals surface area contributed by atoms with E-state index >= 15 is 0 Å². The van der Waals surface area contributed by atoms with Crippen LogP contribution >= 0.6 is 0 Å². The minimum absolute atomic E-state index is 0.523. The van der Waals surface area contributed by atoms with E-state index in [1.165, 1.54) is 0 Å². The van der Waals surface area contributed by atoms with Crippen molar-refractivity contribution in [2.45, 2.75) is 96.0 Å². The Labute approximate surface area is 216 Å². The van der Waals surface area contributed by atoms with Crippen LogP contribution in [-0.2, 0) is 61.9 Å². The summed E-state index contributed by atoms with van der Waals surface area (Å²) in [6, 6.07) is 0. The number of hydrogen-bond acceptors (Lipinski definition) is 16. The molecule has 0 aliphatic carbocycles. The van der Waals surface area contributed by atoms with Gasteiger partial charge in [-0.15, -0.1) is 0 Å². The van der Waals surface area contributed by atoms with E-state index in [-0.39, 0.29) is 0 Å². The van der Waals surface area contributed by atoms with E-state index < -0.39 is 104 Å². The number of ether oxygens (including phenoxy) is 8. The van der Waals surface area contributed by atoms with Crippen LogP contribution in [0, 0.1) is 0 Å². The molecule has 2 aliphatic heterocycles. The van der Waals surface area contributed by atoms with Gasteiger partial charge in [-0.05, 0) is 0 Å². The lowest BCUT2D eigenvalue weighted by atomic mass is 9.96. The maximum absolute atomic E-state index is 11.8. The van der Waals surface area contributed by atoms with Gasteiger partial charge in [0, 0.05) is 34.6 Å². The van der Waals surface area contributed by atoms with E-state index in [0.717, 1.165) is 34.6 Å². The molecule has 2 saturated heterocycles. The zero-order chi connectivity index (χ0) is 28.7. The molecular formula is C22H32O16. The molecule has 0 radical (unpaired) electrons. The molecule has 2 heterocycles. The molecule has 0 bridgehead atoms. The zero-order valence-corrected chi connectivity index (χ0v) is 21.3. The minimum atomic E-state index is -1.85. The second-order valence-electron chi connectivity index (χ2n) is 8.48. The number of aliphatic hydroxyl groups excluding tert-OH is 3. The third-order valence-corrected chi connectivity index (χ3v) is 5.35. The summed E-state index contributed by atoms with van der Waals surface area (Å²) in [6.45, 7) is 3.92. The van der Waals surface area contributed by atoms with Gasteiger partial charge < -0.3 is 53.2 Å². The highest BCUT2D eigenvalue weighted by atomic mass is 16.7. The van der Waals surface area contributed by atoms with E-state index in [4.69, 9.17) is 37.9 Å². The SMILES string of the molecule is CC(=O)OC[C@H]1O[C@H](O[C@@H]2[C@H](OC(C)=O)[C@@H](OC(C)=O)[C@H](O)O[C@@H]2CO)[C@H](O)[C@@H](OC(C)=O)[C@H]1OC(C)=O. The average molecular weight is 552 g/mol. The fourth-order valence-corrected chi connectivity index (χ4v) is 4.00. The van der Waals surface area contributed by atoms with Gasteiger partial charge in [-0.25, -0.2) is 0 Å². The predicted molar refractivity (Wildman–Crippen MR) is 116 cm³/mol. The Balaban J connectivity index is 2.46. The Bertz CT molecular complexity index is 875. The van der Waals surface area contributed by atoms with Crippen molar-refractivity contribution in [2.24, 2.45) is 0 Å². The maximum atomic E-state index is 11.8. The van der Waals surface area contributed by atoms with Gasteiger partial charge in [0.15, 0.2) is 37.0 Å².